The van der Waals surface area contributed by atoms with Crippen LogP contribution in [-0.4, -0.2) is 15.9 Å². The number of thiophene rings is 1. The van der Waals surface area contributed by atoms with Gasteiger partial charge in [0.25, 0.3) is 5.91 Å². The Morgan fingerprint density at radius 2 is 1.83 bits per heavy atom. The number of hydrogen-bond acceptors (Lipinski definition) is 6. The maximum atomic E-state index is 11.6. The van der Waals surface area contributed by atoms with E-state index in [9.17, 15) is 4.79 Å². The van der Waals surface area contributed by atoms with E-state index in [0.717, 1.165) is 16.9 Å². The number of amides is 1. The molecule has 0 spiro atoms. The van der Waals surface area contributed by atoms with Crippen LogP contribution in [0.5, 0.6) is 5.75 Å². The lowest BCUT2D eigenvalue weighted by Crippen LogP contribution is -2.08. The van der Waals surface area contributed by atoms with Crippen molar-refractivity contribution in [3.05, 3.63) is 69.0 Å². The third-order valence-electron chi connectivity index (χ3n) is 4.17. The minimum atomic E-state index is -0.549. The lowest BCUT2D eigenvalue weighted by Gasteiger charge is -2.12. The first-order chi connectivity index (χ1) is 13.9. The number of hydrogen-bond donors (Lipinski definition) is 2. The van der Waals surface area contributed by atoms with Crippen LogP contribution in [0.15, 0.2) is 48.5 Å². The Kier molecular flexibility index (Phi) is 5.27. The van der Waals surface area contributed by atoms with E-state index in [4.69, 9.17) is 39.4 Å². The maximum absolute atomic E-state index is 11.6. The highest BCUT2D eigenvalue weighted by molar-refractivity contribution is 7.20. The van der Waals surface area contributed by atoms with E-state index < -0.39 is 5.91 Å². The van der Waals surface area contributed by atoms with Gasteiger partial charge in [-0.25, -0.2) is 9.97 Å². The second kappa shape index (κ2) is 7.87. The SMILES string of the molecule is NC(=O)c1cc2c(-c3cc(OCc4ccccc4)c(Cl)cc3Cl)nc(N)nc2s1. The van der Waals surface area contributed by atoms with Gasteiger partial charge in [-0.3, -0.25) is 4.79 Å². The molecule has 9 heteroatoms. The fraction of sp³-hybridized carbons (Fsp3) is 0.0500. The van der Waals surface area contributed by atoms with E-state index in [1.807, 2.05) is 30.3 Å². The topological polar surface area (TPSA) is 104 Å². The Labute approximate surface area is 180 Å². The highest BCUT2D eigenvalue weighted by Gasteiger charge is 2.18. The van der Waals surface area contributed by atoms with Crippen molar-refractivity contribution in [2.45, 2.75) is 6.61 Å². The third kappa shape index (κ3) is 3.98. The van der Waals surface area contributed by atoms with E-state index in [2.05, 4.69) is 9.97 Å². The molecule has 6 nitrogen and oxygen atoms in total. The zero-order valence-corrected chi connectivity index (χ0v) is 17.2. The second-order valence-electron chi connectivity index (χ2n) is 6.16. The Hall–Kier alpha value is -2.87. The molecule has 0 saturated carbocycles. The van der Waals surface area contributed by atoms with E-state index in [0.29, 0.717) is 48.8 Å². The number of benzene rings is 2. The van der Waals surface area contributed by atoms with Gasteiger partial charge in [0.15, 0.2) is 0 Å². The van der Waals surface area contributed by atoms with Crippen LogP contribution >= 0.6 is 34.5 Å². The molecule has 0 saturated heterocycles. The number of nitrogen functional groups attached to an aromatic ring is 1. The van der Waals surface area contributed by atoms with E-state index in [1.54, 1.807) is 18.2 Å². The van der Waals surface area contributed by atoms with Crippen LogP contribution in [-0.2, 0) is 6.61 Å². The summed E-state index contributed by atoms with van der Waals surface area (Å²) >= 11 is 13.9. The molecule has 0 aliphatic carbocycles. The highest BCUT2D eigenvalue weighted by Crippen LogP contribution is 2.40. The average Bonchev–Trinajstić information content (AvgIpc) is 3.12. The molecule has 4 N–H and O–H groups in total. The standard InChI is InChI=1S/C20H14Cl2N4O2S/c21-13-8-14(22)15(28-9-10-4-2-1-3-5-10)6-11(13)17-12-7-16(18(23)27)29-19(12)26-20(24)25-17/h1-8H,9H2,(H2,23,27)(H2,24,25,26). The van der Waals surface area contributed by atoms with Gasteiger partial charge in [0.2, 0.25) is 5.95 Å². The minimum Gasteiger partial charge on any atom is -0.487 e. The molecule has 0 bridgehead atoms. The van der Waals surface area contributed by atoms with Gasteiger partial charge in [-0.1, -0.05) is 53.5 Å². The van der Waals surface area contributed by atoms with Crippen LogP contribution in [0.1, 0.15) is 15.2 Å². The molecule has 29 heavy (non-hydrogen) atoms. The number of ether oxygens (including phenoxy) is 1. The first kappa shape index (κ1) is 19.4. The van der Waals surface area contributed by atoms with Crippen molar-refractivity contribution in [2.24, 2.45) is 5.73 Å². The van der Waals surface area contributed by atoms with Crippen molar-refractivity contribution in [1.29, 1.82) is 0 Å². The molecular weight excluding hydrogens is 431 g/mol. The predicted octanol–water partition coefficient (Wildman–Crippen LogP) is 4.93. The number of carbonyl (C=O) groups is 1. The maximum Gasteiger partial charge on any atom is 0.258 e. The van der Waals surface area contributed by atoms with Crippen LogP contribution < -0.4 is 16.2 Å². The zero-order valence-electron chi connectivity index (χ0n) is 14.9. The Morgan fingerprint density at radius 1 is 1.07 bits per heavy atom. The van der Waals surface area contributed by atoms with Crippen LogP contribution in [0.2, 0.25) is 10.0 Å². The smallest absolute Gasteiger partial charge is 0.258 e. The fourth-order valence-electron chi connectivity index (χ4n) is 2.82. The number of carbonyl (C=O) groups excluding carboxylic acids is 1. The molecular formula is C20H14Cl2N4O2S. The first-order valence-corrected chi connectivity index (χ1v) is 10.0. The van der Waals surface area contributed by atoms with Crippen molar-refractivity contribution < 1.29 is 9.53 Å². The summed E-state index contributed by atoms with van der Waals surface area (Å²) in [5.41, 5.74) is 13.3. The first-order valence-electron chi connectivity index (χ1n) is 8.45. The van der Waals surface area contributed by atoms with Gasteiger partial charge in [0, 0.05) is 10.9 Å². The number of nitrogens with zero attached hydrogens (tertiary/aromatic N) is 2. The van der Waals surface area contributed by atoms with Gasteiger partial charge in [-0.15, -0.1) is 11.3 Å². The van der Waals surface area contributed by atoms with E-state index >= 15 is 0 Å². The molecule has 2 heterocycles. The largest absolute Gasteiger partial charge is 0.487 e. The molecule has 2 aromatic carbocycles. The van der Waals surface area contributed by atoms with Gasteiger partial charge in [0.05, 0.1) is 20.6 Å². The van der Waals surface area contributed by atoms with Crippen molar-refractivity contribution in [2.75, 3.05) is 5.73 Å². The summed E-state index contributed by atoms with van der Waals surface area (Å²) in [6, 6.07) is 14.6. The lowest BCUT2D eigenvalue weighted by molar-refractivity contribution is 0.100. The Morgan fingerprint density at radius 3 is 2.55 bits per heavy atom. The summed E-state index contributed by atoms with van der Waals surface area (Å²) in [6.45, 7) is 0.341. The van der Waals surface area contributed by atoms with Gasteiger partial charge in [-0.2, -0.15) is 0 Å². The van der Waals surface area contributed by atoms with Crippen molar-refractivity contribution >= 4 is 56.6 Å². The highest BCUT2D eigenvalue weighted by atomic mass is 35.5. The van der Waals surface area contributed by atoms with Gasteiger partial charge < -0.3 is 16.2 Å². The average molecular weight is 445 g/mol. The molecule has 0 atom stereocenters. The summed E-state index contributed by atoms with van der Waals surface area (Å²) in [6.07, 6.45) is 0. The molecule has 2 aromatic heterocycles. The number of anilines is 1. The molecule has 0 radical (unpaired) electrons. The molecule has 0 fully saturated rings. The number of fused-ring (bicyclic) bond motifs is 1. The number of aromatic nitrogens is 2. The summed E-state index contributed by atoms with van der Waals surface area (Å²) < 4.78 is 5.89. The Bertz CT molecular complexity index is 1230. The normalized spacial score (nSPS) is 11.0. The monoisotopic (exact) mass is 444 g/mol. The van der Waals surface area contributed by atoms with Gasteiger partial charge >= 0.3 is 0 Å². The van der Waals surface area contributed by atoms with Gasteiger partial charge in [0.1, 0.15) is 17.2 Å². The number of halogens is 2. The van der Waals surface area contributed by atoms with E-state index in [1.165, 1.54) is 0 Å². The molecule has 4 rings (SSSR count). The lowest BCUT2D eigenvalue weighted by atomic mass is 10.1. The molecule has 0 aliphatic rings. The molecule has 0 unspecified atom stereocenters. The number of primary amides is 1. The number of rotatable bonds is 5. The predicted molar refractivity (Wildman–Crippen MR) is 117 cm³/mol. The Balaban J connectivity index is 1.79. The van der Waals surface area contributed by atoms with Crippen molar-refractivity contribution in [1.82, 2.24) is 9.97 Å². The summed E-state index contributed by atoms with van der Waals surface area (Å²) in [5.74, 6) is -0.0413. The third-order valence-corrected chi connectivity index (χ3v) is 5.82. The summed E-state index contributed by atoms with van der Waals surface area (Å²) in [5, 5.41) is 1.36. The molecule has 1 amide bonds. The van der Waals surface area contributed by atoms with Crippen LogP contribution in [0, 0.1) is 0 Å². The summed E-state index contributed by atoms with van der Waals surface area (Å²) in [4.78, 5) is 21.0. The van der Waals surface area contributed by atoms with E-state index in [-0.39, 0.29) is 5.95 Å². The van der Waals surface area contributed by atoms with Crippen LogP contribution in [0.25, 0.3) is 21.5 Å². The summed E-state index contributed by atoms with van der Waals surface area (Å²) in [7, 11) is 0. The van der Waals surface area contributed by atoms with Gasteiger partial charge in [-0.05, 0) is 23.8 Å². The number of nitrogens with two attached hydrogens (primary N) is 2. The quantitative estimate of drug-likeness (QED) is 0.454. The van der Waals surface area contributed by atoms with Crippen LogP contribution in [0.3, 0.4) is 0 Å². The molecule has 146 valence electrons. The molecule has 0 aliphatic heterocycles. The van der Waals surface area contributed by atoms with Crippen molar-refractivity contribution in [3.63, 3.8) is 0 Å². The minimum absolute atomic E-state index is 0.0585. The molecule has 4 aromatic rings. The van der Waals surface area contributed by atoms with Crippen molar-refractivity contribution in [3.8, 4) is 17.0 Å². The van der Waals surface area contributed by atoms with Crippen LogP contribution in [0.4, 0.5) is 5.95 Å². The second-order valence-corrected chi connectivity index (χ2v) is 8.01. The fourth-order valence-corrected chi connectivity index (χ4v) is 4.24. The zero-order chi connectivity index (χ0) is 20.5.